The minimum absolute atomic E-state index is 0.796. The third-order valence-corrected chi connectivity index (χ3v) is 20.5. The molecule has 53 heteroatoms. The molecule has 0 aromatic carbocycles. The van der Waals surface area contributed by atoms with E-state index in [1.165, 1.54) is 0 Å². The van der Waals surface area contributed by atoms with Gasteiger partial charge in [0, 0.05) is 60.3 Å². The normalized spacial score (nSPS) is 41.4. The third kappa shape index (κ3) is 21.5. The maximum Gasteiger partial charge on any atom is 0.364 e. The molecule has 39 atom stereocenters. The first-order valence-corrected chi connectivity index (χ1v) is 36.1. The van der Waals surface area contributed by atoms with Gasteiger partial charge in [-0.2, -0.15) is 0 Å². The Kier molecular flexibility index (Phi) is 34.1. The number of carboxylic acids is 4. The van der Waals surface area contributed by atoms with E-state index in [-0.39, 0.29) is 0 Å². The minimum Gasteiger partial charge on any atom is -0.477 e. The Bertz CT molecular complexity index is 3380. The molecule has 672 valence electrons. The molecule has 0 saturated carbocycles. The second-order valence-corrected chi connectivity index (χ2v) is 28.9. The van der Waals surface area contributed by atoms with Crippen LogP contribution in [0.2, 0.25) is 0 Å². The number of rotatable bonds is 36. The first-order valence-electron chi connectivity index (χ1n) is 36.1. The van der Waals surface area contributed by atoms with Crippen molar-refractivity contribution < 1.29 is 237 Å². The van der Waals surface area contributed by atoms with Gasteiger partial charge in [-0.3, -0.25) is 24.0 Å². The molecule has 7 aliphatic rings. The van der Waals surface area contributed by atoms with Gasteiger partial charge in [0.25, 0.3) is 23.1 Å². The number of carbonyl (C=O) groups is 9. The summed E-state index contributed by atoms with van der Waals surface area (Å²) in [6, 6.07) is -10.1. The topological polar surface area (TPSA) is 860 Å². The number of hydrogen-bond donors (Lipinski definition) is 31. The highest BCUT2D eigenvalue weighted by Gasteiger charge is 2.66. The highest BCUT2D eigenvalue weighted by molar-refractivity contribution is 5.79. The number of ether oxygens (including phenoxy) is 13. The van der Waals surface area contributed by atoms with Gasteiger partial charge in [-0.15, -0.1) is 0 Å². The van der Waals surface area contributed by atoms with Crippen molar-refractivity contribution in [2.45, 2.75) is 297 Å². The largest absolute Gasteiger partial charge is 0.477 e. The molecule has 0 aromatic rings. The van der Waals surface area contributed by atoms with Crippen LogP contribution in [-0.2, 0) is 105 Å². The monoisotopic (exact) mass is 1710 g/mol. The zero-order valence-electron chi connectivity index (χ0n) is 62.6. The Labute approximate surface area is 659 Å². The molecule has 0 aliphatic carbocycles. The summed E-state index contributed by atoms with van der Waals surface area (Å²) in [6.45, 7) is -5.49. The molecule has 0 bridgehead atoms. The summed E-state index contributed by atoms with van der Waals surface area (Å²) in [5.41, 5.74) is 0. The molecule has 117 heavy (non-hydrogen) atoms. The zero-order chi connectivity index (χ0) is 87.9. The van der Waals surface area contributed by atoms with E-state index in [2.05, 4.69) is 26.6 Å². The first-order chi connectivity index (χ1) is 54.7. The van der Waals surface area contributed by atoms with Crippen LogP contribution in [0.4, 0.5) is 0 Å². The van der Waals surface area contributed by atoms with Crippen molar-refractivity contribution in [2.75, 3.05) is 46.2 Å². The zero-order valence-corrected chi connectivity index (χ0v) is 62.6. The quantitative estimate of drug-likeness (QED) is 0.0277. The molecular formula is C64H103N5O48. The van der Waals surface area contributed by atoms with E-state index in [4.69, 9.17) is 61.6 Å². The Hall–Kier alpha value is -6.17. The van der Waals surface area contributed by atoms with Crippen molar-refractivity contribution in [3.8, 4) is 0 Å². The van der Waals surface area contributed by atoms with E-state index in [0.29, 0.717) is 0 Å². The Balaban J connectivity index is 1.23. The maximum absolute atomic E-state index is 13.9. The van der Waals surface area contributed by atoms with Gasteiger partial charge in [-0.05, 0) is 0 Å². The second-order valence-electron chi connectivity index (χ2n) is 28.9. The van der Waals surface area contributed by atoms with E-state index in [9.17, 15) is 176 Å². The van der Waals surface area contributed by atoms with E-state index in [0.717, 1.165) is 34.6 Å². The van der Waals surface area contributed by atoms with Gasteiger partial charge in [-0.1, -0.05) is 0 Å². The standard InChI is InChI=1S/C64H103N5O48/c1-17(77)65-33-22(82)6-61(57(97)98,112-48(33)38(88)26(86)10-70)110-30(14-74)42(92)50-35(67-19(3)79)24(84)8-63(114-50,59(101)102)116-52-41(91)29(13-73)107-56(45(52)95)109-47-37(69-21(5)81)55(106-28(12-72)40(47)90)108-46-32(16-76)105-54(96)44(94)53(46)117-64(60(103)104)9-25(85)36(68-20(4)80)51(115-64)43(93)31(15-75)111-62(58(99)100)7-23(83)34(66-18(2)78)49(113-62)39(89)27(87)11-71/h22-56,70-76,82-96H,6-16H2,1-5H3,(H,65,77)(H,66,78)(H,67,79)(H,68,80)(H,69,81)(H,97,98)(H,99,100)(H,101,102)(H,103,104)/t22-,23-,24-,25-,26+,27+,28+,29+,30+,31+,32+,33+,34+,35+,36+,37+,38+,39+,40-,41-,42+,43+,44+,45+,46-,47+,48+,49+,50+,51+,52-,53+,54+,55-,56-,61+,62+,63-,64-/m0/s1. The molecular weight excluding hydrogens is 1610 g/mol. The SMILES string of the molecule is CC(=O)N[C@H]1[C@H](O[C@@H]2[C@H](O[C@]3(C(=O)O)C[C@H](O)[C@@H](NC(C)=O)[C@H]([C@H](O)[C@@H](CO)O[C@]4(C(=O)O)C[C@H](O)[C@@H](NC(C)=O)[C@H]([C@H](O)[C@H](O)CO)O4)O3)[C@@H](O)[C@H](O)O[C@@H]2CO)O[C@H](CO)[C@H](O)[C@@H]1O[C@@H]1O[C@H](CO)[C@H](O)[C@H](O[C@]2(C(=O)O)C[C@H](O)[C@@H](NC(C)=O)[C@H]([C@H](O)[C@@H](CO)O[C@]3(C(=O)O)C[C@H](O)[C@@H](NC(C)=O)[C@H]([C@H](O)[C@H](O)CO)O3)O2)[C@H]1O. The Morgan fingerprint density at radius 1 is 0.350 bits per heavy atom. The summed E-state index contributed by atoms with van der Waals surface area (Å²) < 4.78 is 75.2. The van der Waals surface area contributed by atoms with Crippen LogP contribution in [-0.4, -0.2) is 469 Å². The van der Waals surface area contributed by atoms with Gasteiger partial charge >= 0.3 is 23.9 Å². The average molecular weight is 1710 g/mol. The molecule has 5 amide bonds. The van der Waals surface area contributed by atoms with Crippen LogP contribution >= 0.6 is 0 Å². The van der Waals surface area contributed by atoms with Crippen LogP contribution in [0.1, 0.15) is 60.3 Å². The summed E-state index contributed by atoms with van der Waals surface area (Å²) in [7, 11) is 0. The molecule has 7 aliphatic heterocycles. The predicted octanol–water partition coefficient (Wildman–Crippen LogP) is -18.7. The molecule has 0 spiro atoms. The lowest BCUT2D eigenvalue weighted by molar-refractivity contribution is -0.396. The van der Waals surface area contributed by atoms with Gasteiger partial charge in [0.2, 0.25) is 29.5 Å². The number of nitrogens with one attached hydrogen (secondary N) is 5. The van der Waals surface area contributed by atoms with Crippen molar-refractivity contribution in [3.05, 3.63) is 0 Å². The Morgan fingerprint density at radius 2 is 0.650 bits per heavy atom. The fourth-order valence-corrected chi connectivity index (χ4v) is 14.8. The lowest BCUT2D eigenvalue weighted by Gasteiger charge is -2.52. The summed E-state index contributed by atoms with van der Waals surface area (Å²) in [6.07, 6.45) is -78.7. The summed E-state index contributed by atoms with van der Waals surface area (Å²) in [4.78, 5) is 117. The van der Waals surface area contributed by atoms with Gasteiger partial charge in [0.1, 0.15) is 146 Å². The molecule has 31 N–H and O–H groups in total. The lowest BCUT2D eigenvalue weighted by Crippen LogP contribution is -2.72. The van der Waals surface area contributed by atoms with Crippen LogP contribution in [0.5, 0.6) is 0 Å². The van der Waals surface area contributed by atoms with E-state index in [1.807, 2.05) is 0 Å². The molecule has 7 fully saturated rings. The maximum atomic E-state index is 13.9. The van der Waals surface area contributed by atoms with E-state index in [1.54, 1.807) is 0 Å². The van der Waals surface area contributed by atoms with Crippen LogP contribution < -0.4 is 26.6 Å². The number of amides is 5. The van der Waals surface area contributed by atoms with E-state index < -0.39 is 362 Å². The van der Waals surface area contributed by atoms with Crippen LogP contribution in [0.15, 0.2) is 0 Å². The molecule has 7 heterocycles. The fraction of sp³-hybridized carbons (Fsp3) is 0.859. The van der Waals surface area contributed by atoms with Crippen molar-refractivity contribution in [1.29, 1.82) is 0 Å². The van der Waals surface area contributed by atoms with Crippen molar-refractivity contribution in [3.63, 3.8) is 0 Å². The second kappa shape index (κ2) is 40.7. The van der Waals surface area contributed by atoms with Gasteiger partial charge in [0.15, 0.2) is 18.9 Å². The van der Waals surface area contributed by atoms with Crippen molar-refractivity contribution in [1.82, 2.24) is 26.6 Å². The number of aliphatic hydroxyl groups excluding tert-OH is 22. The third-order valence-electron chi connectivity index (χ3n) is 20.5. The van der Waals surface area contributed by atoms with Crippen molar-refractivity contribution >= 4 is 53.4 Å². The fourth-order valence-electron chi connectivity index (χ4n) is 14.8. The number of aliphatic hydroxyl groups is 22. The molecule has 0 radical (unpaired) electrons. The molecule has 0 unspecified atom stereocenters. The lowest BCUT2D eigenvalue weighted by atomic mass is 9.87. The predicted molar refractivity (Wildman–Crippen MR) is 359 cm³/mol. The molecule has 7 rings (SSSR count). The van der Waals surface area contributed by atoms with E-state index >= 15 is 0 Å². The summed E-state index contributed by atoms with van der Waals surface area (Å²) >= 11 is 0. The number of aliphatic carboxylic acids is 4. The van der Waals surface area contributed by atoms with Gasteiger partial charge in [0.05, 0.1) is 94.8 Å². The highest BCUT2D eigenvalue weighted by atomic mass is 16.8. The molecule has 7 saturated heterocycles. The summed E-state index contributed by atoms with van der Waals surface area (Å²) in [5.74, 6) is -28.4. The van der Waals surface area contributed by atoms with Crippen LogP contribution in [0, 0.1) is 0 Å². The Morgan fingerprint density at radius 3 is 0.974 bits per heavy atom. The molecule has 53 nitrogen and oxygen atoms in total. The highest BCUT2D eigenvalue weighted by Crippen LogP contribution is 2.45. The van der Waals surface area contributed by atoms with Crippen LogP contribution in [0.25, 0.3) is 0 Å². The van der Waals surface area contributed by atoms with Gasteiger partial charge < -0.3 is 221 Å². The van der Waals surface area contributed by atoms with Crippen LogP contribution in [0.3, 0.4) is 0 Å². The number of hydrogen-bond acceptors (Lipinski definition) is 44. The molecule has 0 aromatic heterocycles. The number of carboxylic acid groups (broad SMARTS) is 4. The average Bonchev–Trinajstić information content (AvgIpc) is 0.757. The number of carbonyl (C=O) groups excluding carboxylic acids is 5. The smallest absolute Gasteiger partial charge is 0.364 e. The van der Waals surface area contributed by atoms with Gasteiger partial charge in [-0.25, -0.2) is 19.2 Å². The van der Waals surface area contributed by atoms with Crippen molar-refractivity contribution in [2.24, 2.45) is 0 Å². The summed E-state index contributed by atoms with van der Waals surface area (Å²) in [5, 5.41) is 300. The minimum atomic E-state index is -3.66. The first kappa shape index (κ1) is 97.9.